The van der Waals surface area contributed by atoms with Crippen LogP contribution in [-0.2, 0) is 0 Å². The monoisotopic (exact) mass is 304 g/mol. The summed E-state index contributed by atoms with van der Waals surface area (Å²) in [4.78, 5) is 12.0. The van der Waals surface area contributed by atoms with E-state index in [0.29, 0.717) is 15.8 Å². The Morgan fingerprint density at radius 3 is 2.86 bits per heavy atom. The molecule has 7 heteroatoms. The number of anilines is 1. The fourth-order valence-electron chi connectivity index (χ4n) is 2.56. The maximum atomic E-state index is 12.0. The molecular weight excluding hydrogens is 288 g/mol. The topological polar surface area (TPSA) is 81.8 Å². The number of rotatable bonds is 3. The van der Waals surface area contributed by atoms with Gasteiger partial charge in [0.15, 0.2) is 6.20 Å². The lowest BCUT2D eigenvalue weighted by Crippen LogP contribution is -2.36. The van der Waals surface area contributed by atoms with Gasteiger partial charge in [0.1, 0.15) is 5.01 Å². The van der Waals surface area contributed by atoms with Crippen molar-refractivity contribution in [3.05, 3.63) is 40.3 Å². The first-order valence-corrected chi connectivity index (χ1v) is 7.88. The number of amides is 1. The Labute approximate surface area is 126 Å². The number of nitrogens with one attached hydrogen (secondary N) is 1. The van der Waals surface area contributed by atoms with Gasteiger partial charge in [0, 0.05) is 18.1 Å². The Balaban J connectivity index is 1.69. The second kappa shape index (κ2) is 6.17. The smallest absolute Gasteiger partial charge is 0.323 e. The molecule has 1 fully saturated rings. The van der Waals surface area contributed by atoms with Crippen LogP contribution in [-0.4, -0.2) is 16.1 Å². The van der Waals surface area contributed by atoms with Crippen LogP contribution in [0.1, 0.15) is 53.5 Å². The third-order valence-corrected chi connectivity index (χ3v) is 4.67. The average Bonchev–Trinajstić information content (AvgIpc) is 2.97. The largest absolute Gasteiger partial charge is 0.618 e. The highest BCUT2D eigenvalue weighted by atomic mass is 32.1. The first-order valence-electron chi connectivity index (χ1n) is 7.07. The molecule has 1 aliphatic rings. The molecule has 0 saturated heterocycles. The third-order valence-electron chi connectivity index (χ3n) is 3.67. The summed E-state index contributed by atoms with van der Waals surface area (Å²) in [5.74, 6) is 0.0000147. The maximum absolute atomic E-state index is 12.0. The Kier molecular flexibility index (Phi) is 4.10. The number of carbonyl (C=O) groups excluding carboxylic acids is 1. The average molecular weight is 304 g/mol. The van der Waals surface area contributed by atoms with Crippen LogP contribution in [0, 0.1) is 5.21 Å². The van der Waals surface area contributed by atoms with Gasteiger partial charge in [0.2, 0.25) is 5.13 Å². The summed E-state index contributed by atoms with van der Waals surface area (Å²) in [5, 5.41) is 23.8. The molecule has 2 heterocycles. The second-order valence-corrected chi connectivity index (χ2v) is 6.16. The minimum Gasteiger partial charge on any atom is -0.618 e. The molecule has 3 rings (SSSR count). The molecule has 6 nitrogen and oxygen atoms in total. The fourth-order valence-corrected chi connectivity index (χ4v) is 3.47. The van der Waals surface area contributed by atoms with Gasteiger partial charge in [-0.1, -0.05) is 30.6 Å². The van der Waals surface area contributed by atoms with Gasteiger partial charge in [-0.25, -0.2) is 0 Å². The van der Waals surface area contributed by atoms with E-state index >= 15 is 0 Å². The molecule has 1 amide bonds. The molecule has 0 bridgehead atoms. The summed E-state index contributed by atoms with van der Waals surface area (Å²) < 4.78 is 0.540. The minimum absolute atomic E-state index is 0.0481. The van der Waals surface area contributed by atoms with Crippen LogP contribution >= 0.6 is 11.3 Å². The number of hydrogen-bond acceptors (Lipinski definition) is 5. The molecule has 0 aliphatic heterocycles. The zero-order valence-corrected chi connectivity index (χ0v) is 12.3. The van der Waals surface area contributed by atoms with Crippen LogP contribution in [0.5, 0.6) is 0 Å². The molecule has 1 N–H and O–H groups in total. The molecule has 21 heavy (non-hydrogen) atoms. The summed E-state index contributed by atoms with van der Waals surface area (Å²) in [6.07, 6.45) is 7.32. The van der Waals surface area contributed by atoms with Gasteiger partial charge < -0.3 is 5.21 Å². The summed E-state index contributed by atoms with van der Waals surface area (Å²) >= 11 is 1.40. The molecule has 110 valence electrons. The summed E-state index contributed by atoms with van der Waals surface area (Å²) in [6, 6.07) is 4.71. The van der Waals surface area contributed by atoms with Crippen molar-refractivity contribution in [2.75, 3.05) is 5.32 Å². The van der Waals surface area contributed by atoms with Crippen molar-refractivity contribution in [1.29, 1.82) is 0 Å². The SMILES string of the molecule is O=C(Nc1nnc(C2CCCCC2)s1)c1cccc[n+]1[O-]. The maximum Gasteiger partial charge on any atom is 0.323 e. The summed E-state index contributed by atoms with van der Waals surface area (Å²) in [6.45, 7) is 0. The van der Waals surface area contributed by atoms with E-state index in [4.69, 9.17) is 0 Å². The summed E-state index contributed by atoms with van der Waals surface area (Å²) in [7, 11) is 0. The fraction of sp³-hybridized carbons (Fsp3) is 0.429. The zero-order valence-electron chi connectivity index (χ0n) is 11.5. The predicted octanol–water partition coefficient (Wildman–Crippen LogP) is 2.47. The van der Waals surface area contributed by atoms with E-state index in [1.165, 1.54) is 42.9 Å². The molecule has 0 unspecified atom stereocenters. The highest BCUT2D eigenvalue weighted by Gasteiger charge is 2.21. The Morgan fingerprint density at radius 2 is 2.10 bits per heavy atom. The molecule has 1 saturated carbocycles. The zero-order chi connectivity index (χ0) is 14.7. The van der Waals surface area contributed by atoms with Crippen LogP contribution in [0.25, 0.3) is 0 Å². The van der Waals surface area contributed by atoms with Crippen LogP contribution in [0.4, 0.5) is 5.13 Å². The molecule has 2 aromatic rings. The quantitative estimate of drug-likeness (QED) is 0.697. The normalized spacial score (nSPS) is 15.8. The van der Waals surface area contributed by atoms with Crippen LogP contribution in [0.2, 0.25) is 0 Å². The lowest BCUT2D eigenvalue weighted by atomic mass is 9.90. The molecule has 2 aromatic heterocycles. The standard InChI is InChI=1S/C14H16N4O2S/c19-12(11-8-4-5-9-18(11)20)15-14-17-16-13(21-14)10-6-2-1-3-7-10/h4-5,8-10H,1-3,6-7H2,(H,15,17,19). The van der Waals surface area contributed by atoms with Crippen molar-refractivity contribution in [2.45, 2.75) is 38.0 Å². The van der Waals surface area contributed by atoms with Gasteiger partial charge in [-0.3, -0.25) is 10.1 Å². The number of nitrogens with zero attached hydrogens (tertiary/aromatic N) is 3. The van der Waals surface area contributed by atoms with E-state index in [9.17, 15) is 10.0 Å². The molecule has 0 aromatic carbocycles. The Hall–Kier alpha value is -2.02. The minimum atomic E-state index is -0.461. The van der Waals surface area contributed by atoms with Crippen LogP contribution in [0.15, 0.2) is 24.4 Å². The van der Waals surface area contributed by atoms with E-state index in [1.54, 1.807) is 12.1 Å². The lowest BCUT2D eigenvalue weighted by Gasteiger charge is -2.18. The first-order chi connectivity index (χ1) is 10.2. The molecule has 1 aliphatic carbocycles. The number of carbonyl (C=O) groups is 1. The van der Waals surface area contributed by atoms with Crippen LogP contribution < -0.4 is 10.0 Å². The van der Waals surface area contributed by atoms with Crippen molar-refractivity contribution in [1.82, 2.24) is 10.2 Å². The Morgan fingerprint density at radius 1 is 1.29 bits per heavy atom. The molecular formula is C14H16N4O2S. The van der Waals surface area contributed by atoms with Gasteiger partial charge in [-0.2, -0.15) is 4.73 Å². The van der Waals surface area contributed by atoms with Gasteiger partial charge >= 0.3 is 5.91 Å². The lowest BCUT2D eigenvalue weighted by molar-refractivity contribution is -0.607. The van der Waals surface area contributed by atoms with Crippen molar-refractivity contribution in [3.63, 3.8) is 0 Å². The molecule has 0 spiro atoms. The number of aromatic nitrogens is 3. The second-order valence-electron chi connectivity index (χ2n) is 5.15. The highest BCUT2D eigenvalue weighted by Crippen LogP contribution is 2.35. The van der Waals surface area contributed by atoms with Gasteiger partial charge in [0.25, 0.3) is 5.69 Å². The van der Waals surface area contributed by atoms with Crippen molar-refractivity contribution in [2.24, 2.45) is 0 Å². The van der Waals surface area contributed by atoms with E-state index < -0.39 is 5.91 Å². The number of hydrogen-bond donors (Lipinski definition) is 1. The van der Waals surface area contributed by atoms with Crippen LogP contribution in [0.3, 0.4) is 0 Å². The van der Waals surface area contributed by atoms with Gasteiger partial charge in [0.05, 0.1) is 0 Å². The van der Waals surface area contributed by atoms with Crippen molar-refractivity contribution < 1.29 is 9.52 Å². The Bertz CT molecular complexity index is 637. The molecule has 0 atom stereocenters. The predicted molar refractivity (Wildman–Crippen MR) is 79.1 cm³/mol. The third kappa shape index (κ3) is 3.18. The van der Waals surface area contributed by atoms with E-state index in [-0.39, 0.29) is 5.69 Å². The van der Waals surface area contributed by atoms with E-state index in [1.807, 2.05) is 0 Å². The summed E-state index contributed by atoms with van der Waals surface area (Å²) in [5.41, 5.74) is 0.0481. The van der Waals surface area contributed by atoms with Crippen molar-refractivity contribution >= 4 is 22.4 Å². The highest BCUT2D eigenvalue weighted by molar-refractivity contribution is 7.15. The molecule has 0 radical (unpaired) electrons. The van der Waals surface area contributed by atoms with E-state index in [0.717, 1.165) is 17.8 Å². The number of pyridine rings is 1. The van der Waals surface area contributed by atoms with Gasteiger partial charge in [-0.05, 0) is 18.9 Å². The van der Waals surface area contributed by atoms with Crippen molar-refractivity contribution in [3.8, 4) is 0 Å². The van der Waals surface area contributed by atoms with Gasteiger partial charge in [-0.15, -0.1) is 10.2 Å². The van der Waals surface area contributed by atoms with E-state index in [2.05, 4.69) is 15.5 Å². The first kappa shape index (κ1) is 13.9.